The standard InChI is InChI=1S/C19H24FN/c1-4-6-15(5-2)13-21-19(11-16-8-9-16)17-10-7-14(3)18(20)12-17/h4-7,10,12,16H,8-9,11,13H2,1-3H3/b6-4-,15-5+,21-19?. The molecule has 2 heteroatoms. The number of allylic oxidation sites excluding steroid dienone is 2. The molecule has 0 amide bonds. The van der Waals surface area contributed by atoms with Crippen LogP contribution in [0, 0.1) is 18.7 Å². The van der Waals surface area contributed by atoms with Crippen molar-refractivity contribution in [1.82, 2.24) is 0 Å². The maximum Gasteiger partial charge on any atom is 0.126 e. The quantitative estimate of drug-likeness (QED) is 0.500. The Kier molecular flexibility index (Phi) is 5.49. The fraction of sp³-hybridized carbons (Fsp3) is 0.421. The number of halogens is 1. The van der Waals surface area contributed by atoms with Crippen LogP contribution in [0.4, 0.5) is 4.39 Å². The van der Waals surface area contributed by atoms with Crippen molar-refractivity contribution >= 4 is 5.71 Å². The fourth-order valence-corrected chi connectivity index (χ4v) is 2.28. The highest BCUT2D eigenvalue weighted by molar-refractivity contribution is 6.01. The van der Waals surface area contributed by atoms with Crippen molar-refractivity contribution in [2.45, 2.75) is 40.0 Å². The molecule has 0 atom stereocenters. The molecule has 1 nitrogen and oxygen atoms in total. The molecule has 0 spiro atoms. The van der Waals surface area contributed by atoms with Gasteiger partial charge in [0, 0.05) is 5.71 Å². The Hall–Kier alpha value is -1.70. The molecule has 1 aromatic rings. The van der Waals surface area contributed by atoms with Gasteiger partial charge in [0.1, 0.15) is 5.82 Å². The van der Waals surface area contributed by atoms with Crippen molar-refractivity contribution in [3.63, 3.8) is 0 Å². The van der Waals surface area contributed by atoms with E-state index in [1.54, 1.807) is 13.0 Å². The first-order chi connectivity index (χ1) is 10.1. The van der Waals surface area contributed by atoms with Crippen LogP contribution in [-0.2, 0) is 0 Å². The van der Waals surface area contributed by atoms with E-state index in [0.717, 1.165) is 23.6 Å². The summed E-state index contributed by atoms with van der Waals surface area (Å²) in [5.41, 5.74) is 3.85. The van der Waals surface area contributed by atoms with Crippen LogP contribution in [0.1, 0.15) is 44.2 Å². The molecule has 1 fully saturated rings. The molecule has 0 unspecified atom stereocenters. The Labute approximate surface area is 127 Å². The lowest BCUT2D eigenvalue weighted by atomic mass is 10.0. The molecule has 0 radical (unpaired) electrons. The second kappa shape index (κ2) is 7.35. The van der Waals surface area contributed by atoms with Gasteiger partial charge in [0.05, 0.1) is 6.54 Å². The Bertz CT molecular complexity index is 577. The lowest BCUT2D eigenvalue weighted by Gasteiger charge is -2.08. The van der Waals surface area contributed by atoms with Crippen LogP contribution in [0.2, 0.25) is 0 Å². The van der Waals surface area contributed by atoms with Gasteiger partial charge in [0.2, 0.25) is 0 Å². The zero-order valence-electron chi connectivity index (χ0n) is 13.2. The predicted octanol–water partition coefficient (Wildman–Crippen LogP) is 5.25. The van der Waals surface area contributed by atoms with E-state index in [0.29, 0.717) is 12.1 Å². The van der Waals surface area contributed by atoms with E-state index in [4.69, 9.17) is 4.99 Å². The number of hydrogen-bond donors (Lipinski definition) is 0. The van der Waals surface area contributed by atoms with Gasteiger partial charge < -0.3 is 0 Å². The number of aliphatic imine (C=N–C) groups is 1. The molecule has 1 aliphatic carbocycles. The van der Waals surface area contributed by atoms with E-state index in [-0.39, 0.29) is 5.82 Å². The van der Waals surface area contributed by atoms with Crippen molar-refractivity contribution in [3.05, 3.63) is 58.9 Å². The summed E-state index contributed by atoms with van der Waals surface area (Å²) in [4.78, 5) is 4.77. The molecule has 112 valence electrons. The lowest BCUT2D eigenvalue weighted by Crippen LogP contribution is -2.05. The first-order valence-corrected chi connectivity index (χ1v) is 7.71. The van der Waals surface area contributed by atoms with Gasteiger partial charge in [-0.2, -0.15) is 0 Å². The minimum absolute atomic E-state index is 0.143. The summed E-state index contributed by atoms with van der Waals surface area (Å²) in [6, 6.07) is 5.46. The Morgan fingerprint density at radius 3 is 2.67 bits per heavy atom. The van der Waals surface area contributed by atoms with Crippen molar-refractivity contribution < 1.29 is 4.39 Å². The van der Waals surface area contributed by atoms with E-state index in [9.17, 15) is 4.39 Å². The van der Waals surface area contributed by atoms with Crippen molar-refractivity contribution in [2.24, 2.45) is 10.9 Å². The average molecular weight is 285 g/mol. The Morgan fingerprint density at radius 1 is 1.33 bits per heavy atom. The summed E-state index contributed by atoms with van der Waals surface area (Å²) in [7, 11) is 0. The zero-order chi connectivity index (χ0) is 15.2. The van der Waals surface area contributed by atoms with Crippen LogP contribution in [0.25, 0.3) is 0 Å². The monoisotopic (exact) mass is 285 g/mol. The van der Waals surface area contributed by atoms with Crippen molar-refractivity contribution in [3.8, 4) is 0 Å². The van der Waals surface area contributed by atoms with E-state index < -0.39 is 0 Å². The molecule has 21 heavy (non-hydrogen) atoms. The van der Waals surface area contributed by atoms with Gasteiger partial charge in [0.25, 0.3) is 0 Å². The highest BCUT2D eigenvalue weighted by Gasteiger charge is 2.24. The van der Waals surface area contributed by atoms with Crippen molar-refractivity contribution in [2.75, 3.05) is 6.54 Å². The van der Waals surface area contributed by atoms with E-state index in [1.165, 1.54) is 18.4 Å². The summed E-state index contributed by atoms with van der Waals surface area (Å²) in [5, 5.41) is 0. The van der Waals surface area contributed by atoms with Gasteiger partial charge in [-0.05, 0) is 68.7 Å². The number of benzene rings is 1. The third-order valence-electron chi connectivity index (χ3n) is 3.89. The van der Waals surface area contributed by atoms with Gasteiger partial charge in [-0.1, -0.05) is 30.4 Å². The molecule has 0 saturated heterocycles. The Morgan fingerprint density at radius 2 is 2.10 bits per heavy atom. The van der Waals surface area contributed by atoms with Crippen molar-refractivity contribution in [1.29, 1.82) is 0 Å². The zero-order valence-corrected chi connectivity index (χ0v) is 13.2. The average Bonchev–Trinajstić information content (AvgIpc) is 3.29. The maximum atomic E-state index is 13.8. The molecule has 0 heterocycles. The first kappa shape index (κ1) is 15.7. The second-order valence-corrected chi connectivity index (χ2v) is 5.74. The fourth-order valence-electron chi connectivity index (χ4n) is 2.28. The third-order valence-corrected chi connectivity index (χ3v) is 3.89. The number of hydrogen-bond acceptors (Lipinski definition) is 1. The highest BCUT2D eigenvalue weighted by Crippen LogP contribution is 2.34. The second-order valence-electron chi connectivity index (χ2n) is 5.74. The van der Waals surface area contributed by atoms with Gasteiger partial charge in [-0.15, -0.1) is 0 Å². The molecule has 2 rings (SSSR count). The van der Waals surface area contributed by atoms with Gasteiger partial charge in [0.15, 0.2) is 0 Å². The van der Waals surface area contributed by atoms with Gasteiger partial charge in [-0.25, -0.2) is 4.39 Å². The first-order valence-electron chi connectivity index (χ1n) is 7.71. The van der Waals surface area contributed by atoms with E-state index in [2.05, 4.69) is 12.2 Å². The molecular formula is C19H24FN. The molecule has 0 aliphatic heterocycles. The molecular weight excluding hydrogens is 261 g/mol. The lowest BCUT2D eigenvalue weighted by molar-refractivity contribution is 0.618. The molecule has 0 N–H and O–H groups in total. The summed E-state index contributed by atoms with van der Waals surface area (Å²) in [5.74, 6) is 0.597. The molecule has 1 aliphatic rings. The van der Waals surface area contributed by atoms with E-state index in [1.807, 2.05) is 32.1 Å². The molecule has 1 saturated carbocycles. The van der Waals surface area contributed by atoms with Crippen LogP contribution in [0.3, 0.4) is 0 Å². The summed E-state index contributed by atoms with van der Waals surface area (Å²) >= 11 is 0. The topological polar surface area (TPSA) is 12.4 Å². The van der Waals surface area contributed by atoms with Gasteiger partial charge >= 0.3 is 0 Å². The Balaban J connectivity index is 2.22. The van der Waals surface area contributed by atoms with Gasteiger partial charge in [-0.3, -0.25) is 4.99 Å². The van der Waals surface area contributed by atoms with Crippen LogP contribution >= 0.6 is 0 Å². The number of rotatable bonds is 6. The molecule has 0 bridgehead atoms. The maximum absolute atomic E-state index is 13.8. The summed E-state index contributed by atoms with van der Waals surface area (Å²) in [6.45, 7) is 6.49. The molecule has 0 aromatic heterocycles. The predicted molar refractivity (Wildman–Crippen MR) is 88.5 cm³/mol. The third kappa shape index (κ3) is 4.66. The minimum atomic E-state index is -0.143. The van der Waals surface area contributed by atoms with Crippen LogP contribution < -0.4 is 0 Å². The number of nitrogens with zero attached hydrogens (tertiary/aromatic N) is 1. The normalized spacial score (nSPS) is 16.8. The van der Waals surface area contributed by atoms with E-state index >= 15 is 0 Å². The molecule has 1 aromatic carbocycles. The largest absolute Gasteiger partial charge is 0.284 e. The van der Waals surface area contributed by atoms with Crippen LogP contribution in [0.5, 0.6) is 0 Å². The smallest absolute Gasteiger partial charge is 0.126 e. The van der Waals surface area contributed by atoms with Crippen LogP contribution in [-0.4, -0.2) is 12.3 Å². The minimum Gasteiger partial charge on any atom is -0.284 e. The summed E-state index contributed by atoms with van der Waals surface area (Å²) in [6.07, 6.45) is 9.70. The van der Waals surface area contributed by atoms with Crippen LogP contribution in [0.15, 0.2) is 47.0 Å². The summed E-state index contributed by atoms with van der Waals surface area (Å²) < 4.78 is 13.8. The number of aryl methyl sites for hydroxylation is 1. The SMILES string of the molecule is C/C=C\C(=C/C)CN=C(CC1CC1)c1ccc(C)c(F)c1. The highest BCUT2D eigenvalue weighted by atomic mass is 19.1.